The van der Waals surface area contributed by atoms with E-state index < -0.39 is 0 Å². The number of carbonyl (C=O) groups excluding carboxylic acids is 2. The Hall–Kier alpha value is -3.22. The van der Waals surface area contributed by atoms with Gasteiger partial charge in [0, 0.05) is 25.6 Å². The van der Waals surface area contributed by atoms with Crippen molar-refractivity contribution in [2.24, 2.45) is 0 Å². The van der Waals surface area contributed by atoms with Crippen molar-refractivity contribution in [3.05, 3.63) is 59.7 Å². The molecule has 0 bridgehead atoms. The van der Waals surface area contributed by atoms with Gasteiger partial charge in [0.2, 0.25) is 5.91 Å². The molecule has 3 amide bonds. The first-order valence-electron chi connectivity index (χ1n) is 12.6. The fourth-order valence-electron chi connectivity index (χ4n) is 4.58. The van der Waals surface area contributed by atoms with Gasteiger partial charge in [0.15, 0.2) is 11.5 Å². The lowest BCUT2D eigenvalue weighted by Gasteiger charge is -2.32. The summed E-state index contributed by atoms with van der Waals surface area (Å²) in [4.78, 5) is 27.6. The van der Waals surface area contributed by atoms with Crippen LogP contribution >= 0.6 is 0 Å². The average Bonchev–Trinajstić information content (AvgIpc) is 2.89. The van der Waals surface area contributed by atoms with Gasteiger partial charge >= 0.3 is 6.03 Å². The second-order valence-corrected chi connectivity index (χ2v) is 9.10. The molecule has 0 aromatic heterocycles. The zero-order valence-corrected chi connectivity index (χ0v) is 21.2. The topological polar surface area (TPSA) is 79.9 Å². The third-order valence-corrected chi connectivity index (χ3v) is 6.71. The second kappa shape index (κ2) is 13.6. The number of hydrogen-bond acceptors (Lipinski definition) is 4. The second-order valence-electron chi connectivity index (χ2n) is 9.10. The van der Waals surface area contributed by atoms with E-state index in [-0.39, 0.29) is 30.4 Å². The van der Waals surface area contributed by atoms with E-state index in [1.54, 1.807) is 19.1 Å². The SMILES string of the molecule is COc1ccc(CCNC(=O)CCN(C(=O)NC2CCCCC2)C(C)c2ccccc2)cc1OC. The summed E-state index contributed by atoms with van der Waals surface area (Å²) in [6, 6.07) is 15.7. The number of rotatable bonds is 11. The summed E-state index contributed by atoms with van der Waals surface area (Å²) >= 11 is 0. The highest BCUT2D eigenvalue weighted by molar-refractivity contribution is 5.78. The number of urea groups is 1. The van der Waals surface area contributed by atoms with Crippen LogP contribution in [0.15, 0.2) is 48.5 Å². The minimum Gasteiger partial charge on any atom is -0.493 e. The summed E-state index contributed by atoms with van der Waals surface area (Å²) < 4.78 is 10.6. The van der Waals surface area contributed by atoms with Gasteiger partial charge in [-0.2, -0.15) is 0 Å². The maximum absolute atomic E-state index is 13.2. The Morgan fingerprint density at radius 2 is 1.71 bits per heavy atom. The standard InChI is InChI=1S/C28H39N3O4/c1-21(23-10-6-4-7-11-23)31(28(33)30-24-12-8-5-9-13-24)19-17-27(32)29-18-16-22-14-15-25(34-2)26(20-22)35-3/h4,6-7,10-11,14-15,20-21,24H,5,8-9,12-13,16-19H2,1-3H3,(H,29,32)(H,30,33). The smallest absolute Gasteiger partial charge is 0.318 e. The molecule has 0 spiro atoms. The van der Waals surface area contributed by atoms with Crippen LogP contribution in [0.1, 0.15) is 62.6 Å². The Kier molecular flexibility index (Phi) is 10.3. The largest absolute Gasteiger partial charge is 0.493 e. The molecule has 1 saturated carbocycles. The van der Waals surface area contributed by atoms with Crippen molar-refractivity contribution in [2.45, 2.75) is 64.0 Å². The van der Waals surface area contributed by atoms with Crippen LogP contribution in [0, 0.1) is 0 Å². The number of amides is 3. The molecular weight excluding hydrogens is 442 g/mol. The summed E-state index contributed by atoms with van der Waals surface area (Å²) in [5.41, 5.74) is 2.11. The van der Waals surface area contributed by atoms with Crippen LogP contribution < -0.4 is 20.1 Å². The molecule has 1 atom stereocenters. The van der Waals surface area contributed by atoms with E-state index in [1.807, 2.05) is 55.5 Å². The molecule has 2 aromatic carbocycles. The van der Waals surface area contributed by atoms with E-state index in [0.29, 0.717) is 31.0 Å². The maximum Gasteiger partial charge on any atom is 0.318 e. The van der Waals surface area contributed by atoms with E-state index in [1.165, 1.54) is 6.42 Å². The van der Waals surface area contributed by atoms with Crippen molar-refractivity contribution >= 4 is 11.9 Å². The minimum absolute atomic E-state index is 0.0683. The maximum atomic E-state index is 13.2. The molecule has 0 heterocycles. The highest BCUT2D eigenvalue weighted by atomic mass is 16.5. The molecule has 1 unspecified atom stereocenters. The van der Waals surface area contributed by atoms with Crippen molar-refractivity contribution in [3.8, 4) is 11.5 Å². The Labute approximate surface area is 209 Å². The molecule has 0 radical (unpaired) electrons. The van der Waals surface area contributed by atoms with Gasteiger partial charge in [-0.3, -0.25) is 4.79 Å². The summed E-state index contributed by atoms with van der Waals surface area (Å²) in [5.74, 6) is 1.28. The highest BCUT2D eigenvalue weighted by Crippen LogP contribution is 2.27. The quantitative estimate of drug-likeness (QED) is 0.480. The lowest BCUT2D eigenvalue weighted by Crippen LogP contribution is -2.47. The fraction of sp³-hybridized carbons (Fsp3) is 0.500. The van der Waals surface area contributed by atoms with Gasteiger partial charge in [-0.25, -0.2) is 4.79 Å². The van der Waals surface area contributed by atoms with Crippen LogP contribution in [0.5, 0.6) is 11.5 Å². The first kappa shape index (κ1) is 26.4. The fourth-order valence-corrected chi connectivity index (χ4v) is 4.58. The molecular formula is C28H39N3O4. The summed E-state index contributed by atoms with van der Waals surface area (Å²) in [7, 11) is 3.21. The summed E-state index contributed by atoms with van der Waals surface area (Å²) in [6.45, 7) is 2.89. The molecule has 3 rings (SSSR count). The molecule has 190 valence electrons. The first-order chi connectivity index (χ1) is 17.0. The monoisotopic (exact) mass is 481 g/mol. The van der Waals surface area contributed by atoms with Crippen LogP contribution in [-0.2, 0) is 11.2 Å². The average molecular weight is 482 g/mol. The van der Waals surface area contributed by atoms with E-state index in [0.717, 1.165) is 36.8 Å². The number of nitrogens with one attached hydrogen (secondary N) is 2. The predicted octanol–water partition coefficient (Wildman–Crippen LogP) is 4.86. The number of carbonyl (C=O) groups is 2. The molecule has 1 aliphatic rings. The Morgan fingerprint density at radius 3 is 2.40 bits per heavy atom. The predicted molar refractivity (Wildman–Crippen MR) is 138 cm³/mol. The van der Waals surface area contributed by atoms with E-state index in [2.05, 4.69) is 10.6 Å². The van der Waals surface area contributed by atoms with Gasteiger partial charge in [-0.05, 0) is 49.4 Å². The third-order valence-electron chi connectivity index (χ3n) is 6.71. The van der Waals surface area contributed by atoms with E-state index >= 15 is 0 Å². The van der Waals surface area contributed by atoms with Crippen molar-refractivity contribution in [2.75, 3.05) is 27.3 Å². The van der Waals surface area contributed by atoms with Crippen molar-refractivity contribution in [1.29, 1.82) is 0 Å². The zero-order valence-electron chi connectivity index (χ0n) is 21.2. The van der Waals surface area contributed by atoms with E-state index in [4.69, 9.17) is 9.47 Å². The van der Waals surface area contributed by atoms with E-state index in [9.17, 15) is 9.59 Å². The zero-order chi connectivity index (χ0) is 25.0. The van der Waals surface area contributed by atoms with Gasteiger partial charge < -0.3 is 25.0 Å². The van der Waals surface area contributed by atoms with Crippen molar-refractivity contribution < 1.29 is 19.1 Å². The minimum atomic E-state index is -0.126. The number of methoxy groups -OCH3 is 2. The highest BCUT2D eigenvalue weighted by Gasteiger charge is 2.25. The van der Waals surface area contributed by atoms with Gasteiger partial charge in [0.1, 0.15) is 0 Å². The lowest BCUT2D eigenvalue weighted by molar-refractivity contribution is -0.121. The third kappa shape index (κ3) is 7.91. The molecule has 1 aliphatic carbocycles. The van der Waals surface area contributed by atoms with Gasteiger partial charge in [-0.15, -0.1) is 0 Å². The Morgan fingerprint density at radius 1 is 1.00 bits per heavy atom. The molecule has 7 heteroatoms. The van der Waals surface area contributed by atoms with Gasteiger partial charge in [-0.1, -0.05) is 55.7 Å². The molecule has 35 heavy (non-hydrogen) atoms. The number of benzene rings is 2. The van der Waals surface area contributed by atoms with Crippen molar-refractivity contribution in [1.82, 2.24) is 15.5 Å². The van der Waals surface area contributed by atoms with Crippen LogP contribution in [0.4, 0.5) is 4.79 Å². The number of nitrogens with zero attached hydrogens (tertiary/aromatic N) is 1. The van der Waals surface area contributed by atoms with Gasteiger partial charge in [0.05, 0.1) is 20.3 Å². The molecule has 0 aliphatic heterocycles. The lowest BCUT2D eigenvalue weighted by atomic mass is 9.95. The molecule has 2 aromatic rings. The van der Waals surface area contributed by atoms with Crippen molar-refractivity contribution in [3.63, 3.8) is 0 Å². The first-order valence-corrected chi connectivity index (χ1v) is 12.6. The molecule has 7 nitrogen and oxygen atoms in total. The van der Waals surface area contributed by atoms with Crippen LogP contribution in [0.2, 0.25) is 0 Å². The summed E-state index contributed by atoms with van der Waals surface area (Å²) in [6.07, 6.45) is 6.52. The van der Waals surface area contributed by atoms with Gasteiger partial charge in [0.25, 0.3) is 0 Å². The molecule has 1 fully saturated rings. The molecule has 0 saturated heterocycles. The molecule has 2 N–H and O–H groups in total. The Balaban J connectivity index is 1.54. The number of ether oxygens (including phenoxy) is 2. The van der Waals surface area contributed by atoms with Crippen LogP contribution in [0.3, 0.4) is 0 Å². The number of hydrogen-bond donors (Lipinski definition) is 2. The normalized spacial score (nSPS) is 14.6. The summed E-state index contributed by atoms with van der Waals surface area (Å²) in [5, 5.41) is 6.19. The van der Waals surface area contributed by atoms with Crippen LogP contribution in [-0.4, -0.2) is 50.2 Å². The van der Waals surface area contributed by atoms with Crippen LogP contribution in [0.25, 0.3) is 0 Å². The Bertz CT molecular complexity index is 944.